The minimum Gasteiger partial charge on any atom is -0.507 e. The van der Waals surface area contributed by atoms with Crippen LogP contribution in [0.4, 0.5) is 0 Å². The van der Waals surface area contributed by atoms with Gasteiger partial charge in [-0.15, -0.1) is 0 Å². The maximum Gasteiger partial charge on any atom is 0.340 e. The Morgan fingerprint density at radius 3 is 2.83 bits per heavy atom. The number of esters is 1. The molecule has 2 rings (SSSR count). The Labute approximate surface area is 105 Å². The number of hydrogen-bond donors (Lipinski definition) is 1. The average Bonchev–Trinajstić information content (AvgIpc) is 2.38. The Hall–Kier alpha value is -2.10. The number of aromatic hydroxyl groups is 1. The fourth-order valence-corrected chi connectivity index (χ4v) is 1.87. The van der Waals surface area contributed by atoms with Crippen LogP contribution < -0.4 is 0 Å². The van der Waals surface area contributed by atoms with E-state index in [0.29, 0.717) is 23.1 Å². The second kappa shape index (κ2) is 5.04. The summed E-state index contributed by atoms with van der Waals surface area (Å²) in [5.41, 5.74) is 1.85. The largest absolute Gasteiger partial charge is 0.507 e. The van der Waals surface area contributed by atoms with Gasteiger partial charge >= 0.3 is 5.97 Å². The molecule has 0 saturated carbocycles. The molecule has 0 atom stereocenters. The second-order valence-electron chi connectivity index (χ2n) is 3.94. The lowest BCUT2D eigenvalue weighted by Gasteiger charge is -2.09. The number of aryl methyl sites for hydroxylation is 1. The number of benzene rings is 1. The van der Waals surface area contributed by atoms with Crippen LogP contribution in [-0.2, 0) is 11.2 Å². The van der Waals surface area contributed by atoms with E-state index in [1.807, 2.05) is 13.0 Å². The monoisotopic (exact) mass is 245 g/mol. The molecule has 0 fully saturated rings. The summed E-state index contributed by atoms with van der Waals surface area (Å²) in [5.74, 6) is -0.281. The maximum atomic E-state index is 11.9. The zero-order chi connectivity index (χ0) is 13.1. The molecule has 0 bridgehead atoms. The van der Waals surface area contributed by atoms with Crippen molar-refractivity contribution in [1.29, 1.82) is 0 Å². The lowest BCUT2D eigenvalue weighted by Crippen LogP contribution is -2.07. The van der Waals surface area contributed by atoms with E-state index in [4.69, 9.17) is 4.74 Å². The van der Waals surface area contributed by atoms with Crippen molar-refractivity contribution >= 4 is 16.9 Å². The van der Waals surface area contributed by atoms with E-state index in [-0.39, 0.29) is 5.75 Å². The lowest BCUT2D eigenvalue weighted by molar-refractivity contribution is 0.0528. The lowest BCUT2D eigenvalue weighted by atomic mass is 10.0. The van der Waals surface area contributed by atoms with Gasteiger partial charge in [-0.3, -0.25) is 4.98 Å². The van der Waals surface area contributed by atoms with E-state index in [1.165, 1.54) is 12.3 Å². The maximum absolute atomic E-state index is 11.9. The van der Waals surface area contributed by atoms with Crippen molar-refractivity contribution in [3.63, 3.8) is 0 Å². The summed E-state index contributed by atoms with van der Waals surface area (Å²) >= 11 is 0. The molecule has 1 N–H and O–H groups in total. The number of ether oxygens (including phenoxy) is 1. The van der Waals surface area contributed by atoms with Gasteiger partial charge in [0.1, 0.15) is 5.75 Å². The van der Waals surface area contributed by atoms with Crippen molar-refractivity contribution in [1.82, 2.24) is 4.98 Å². The summed E-state index contributed by atoms with van der Waals surface area (Å²) in [6, 6.07) is 5.13. The molecule has 2 aromatic rings. The van der Waals surface area contributed by atoms with Gasteiger partial charge in [0.15, 0.2) is 0 Å². The van der Waals surface area contributed by atoms with Crippen molar-refractivity contribution < 1.29 is 14.6 Å². The van der Waals surface area contributed by atoms with Gasteiger partial charge in [-0.2, -0.15) is 0 Å². The number of carbonyl (C=O) groups is 1. The van der Waals surface area contributed by atoms with Gasteiger partial charge in [0.25, 0.3) is 0 Å². The molecule has 18 heavy (non-hydrogen) atoms. The van der Waals surface area contributed by atoms with E-state index >= 15 is 0 Å². The molecule has 0 saturated heterocycles. The van der Waals surface area contributed by atoms with E-state index in [9.17, 15) is 9.90 Å². The zero-order valence-electron chi connectivity index (χ0n) is 10.4. The molecule has 0 aliphatic heterocycles. The summed E-state index contributed by atoms with van der Waals surface area (Å²) in [6.45, 7) is 4.06. The van der Waals surface area contributed by atoms with Crippen LogP contribution >= 0.6 is 0 Å². The van der Waals surface area contributed by atoms with Gasteiger partial charge in [0.2, 0.25) is 0 Å². The molecule has 0 unspecified atom stereocenters. The van der Waals surface area contributed by atoms with Crippen LogP contribution in [0.5, 0.6) is 5.75 Å². The summed E-state index contributed by atoms with van der Waals surface area (Å²) in [7, 11) is 0. The highest BCUT2D eigenvalue weighted by Crippen LogP contribution is 2.27. The van der Waals surface area contributed by atoms with Crippen LogP contribution in [0.1, 0.15) is 29.8 Å². The minimum absolute atomic E-state index is 0.126. The summed E-state index contributed by atoms with van der Waals surface area (Å²) in [4.78, 5) is 16.1. The fraction of sp³-hybridized carbons (Fsp3) is 0.286. The Morgan fingerprint density at radius 1 is 1.39 bits per heavy atom. The highest BCUT2D eigenvalue weighted by molar-refractivity contribution is 6.04. The van der Waals surface area contributed by atoms with Crippen molar-refractivity contribution in [2.24, 2.45) is 0 Å². The minimum atomic E-state index is -0.407. The van der Waals surface area contributed by atoms with Gasteiger partial charge in [-0.25, -0.2) is 4.79 Å². The Bertz CT molecular complexity index is 593. The zero-order valence-corrected chi connectivity index (χ0v) is 10.4. The molecule has 1 aromatic heterocycles. The fourth-order valence-electron chi connectivity index (χ4n) is 1.87. The van der Waals surface area contributed by atoms with E-state index in [1.54, 1.807) is 13.0 Å². The molecular formula is C14H15NO3. The van der Waals surface area contributed by atoms with Crippen LogP contribution in [0.25, 0.3) is 10.9 Å². The smallest absolute Gasteiger partial charge is 0.340 e. The average molecular weight is 245 g/mol. The first kappa shape index (κ1) is 12.4. The number of rotatable bonds is 3. The third-order valence-corrected chi connectivity index (χ3v) is 2.79. The number of aromatic nitrogens is 1. The highest BCUT2D eigenvalue weighted by Gasteiger charge is 2.15. The van der Waals surface area contributed by atoms with Gasteiger partial charge < -0.3 is 9.84 Å². The van der Waals surface area contributed by atoms with E-state index in [0.717, 1.165) is 12.0 Å². The predicted molar refractivity (Wildman–Crippen MR) is 68.7 cm³/mol. The molecule has 0 radical (unpaired) electrons. The molecule has 94 valence electrons. The highest BCUT2D eigenvalue weighted by atomic mass is 16.5. The standard InChI is InChI=1S/C14H15NO3/c1-3-9-7-10-12(16)5-6-15-13(10)11(8-9)14(17)18-4-2/h5-8H,3-4H2,1-2H3,(H,15,16). The molecule has 0 aliphatic carbocycles. The van der Waals surface area contributed by atoms with Crippen LogP contribution in [0, 0.1) is 0 Å². The van der Waals surface area contributed by atoms with Crippen LogP contribution in [0.2, 0.25) is 0 Å². The van der Waals surface area contributed by atoms with Gasteiger partial charge in [-0.1, -0.05) is 6.92 Å². The van der Waals surface area contributed by atoms with Gasteiger partial charge in [0, 0.05) is 11.6 Å². The van der Waals surface area contributed by atoms with E-state index < -0.39 is 5.97 Å². The number of carbonyl (C=O) groups excluding carboxylic acids is 1. The predicted octanol–water partition coefficient (Wildman–Crippen LogP) is 2.68. The van der Waals surface area contributed by atoms with Crippen LogP contribution in [0.15, 0.2) is 24.4 Å². The third kappa shape index (κ3) is 2.14. The van der Waals surface area contributed by atoms with Crippen molar-refractivity contribution in [2.45, 2.75) is 20.3 Å². The molecule has 1 aromatic carbocycles. The molecule has 0 spiro atoms. The molecular weight excluding hydrogens is 230 g/mol. The van der Waals surface area contributed by atoms with Crippen LogP contribution in [-0.4, -0.2) is 22.7 Å². The molecule has 1 heterocycles. The quantitative estimate of drug-likeness (QED) is 0.844. The first-order valence-corrected chi connectivity index (χ1v) is 5.95. The summed E-state index contributed by atoms with van der Waals surface area (Å²) < 4.78 is 5.01. The summed E-state index contributed by atoms with van der Waals surface area (Å²) in [6.07, 6.45) is 2.25. The second-order valence-corrected chi connectivity index (χ2v) is 3.94. The normalized spacial score (nSPS) is 10.6. The topological polar surface area (TPSA) is 59.4 Å². The van der Waals surface area contributed by atoms with Gasteiger partial charge in [-0.05, 0) is 37.1 Å². The number of pyridine rings is 1. The van der Waals surface area contributed by atoms with Crippen molar-refractivity contribution in [3.8, 4) is 5.75 Å². The molecule has 0 aliphatic rings. The number of nitrogens with zero attached hydrogens (tertiary/aromatic N) is 1. The summed E-state index contributed by atoms with van der Waals surface area (Å²) in [5, 5.41) is 10.4. The molecule has 4 heteroatoms. The first-order chi connectivity index (χ1) is 8.67. The Balaban J connectivity index is 2.70. The number of hydrogen-bond acceptors (Lipinski definition) is 4. The van der Waals surface area contributed by atoms with Gasteiger partial charge in [0.05, 0.1) is 17.7 Å². The molecule has 0 amide bonds. The van der Waals surface area contributed by atoms with Crippen molar-refractivity contribution in [2.75, 3.05) is 6.61 Å². The van der Waals surface area contributed by atoms with Crippen LogP contribution in [0.3, 0.4) is 0 Å². The Kier molecular flexibility index (Phi) is 3.46. The van der Waals surface area contributed by atoms with Crippen molar-refractivity contribution in [3.05, 3.63) is 35.5 Å². The van der Waals surface area contributed by atoms with E-state index in [2.05, 4.69) is 4.98 Å². The third-order valence-electron chi connectivity index (χ3n) is 2.79. The SMILES string of the molecule is CCOC(=O)c1cc(CC)cc2c(O)ccnc12. The molecule has 4 nitrogen and oxygen atoms in total. The first-order valence-electron chi connectivity index (χ1n) is 5.95. The number of fused-ring (bicyclic) bond motifs is 1. The Morgan fingerprint density at radius 2 is 2.17 bits per heavy atom.